The molecule has 160 valence electrons. The molecule has 0 spiro atoms. The van der Waals surface area contributed by atoms with Gasteiger partial charge in [0.1, 0.15) is 11.8 Å². The Labute approximate surface area is 180 Å². The van der Waals surface area contributed by atoms with Gasteiger partial charge in [-0.05, 0) is 62.4 Å². The Morgan fingerprint density at radius 1 is 1.29 bits per heavy atom. The number of ether oxygens (including phenoxy) is 1. The standard InChI is InChI=1S/C21H19N3O2.C2H6N2O/c1-13(2)25-19-10-9-15(11-16(19)12-22)21-23-20(24-26-21)18-8-4-6-14-5-3-7-17(14)18;3-1-2(4)5/h4,6,8-11,13H,3,5,7H2,1-2H3;1,3H2,(H2,4,5). The van der Waals surface area contributed by atoms with Crippen LogP contribution in [0, 0.1) is 11.3 Å². The second-order valence-corrected chi connectivity index (χ2v) is 7.38. The van der Waals surface area contributed by atoms with E-state index in [2.05, 4.69) is 28.0 Å². The number of nitrogens with two attached hydrogens (primary N) is 2. The first-order chi connectivity index (χ1) is 14.9. The van der Waals surface area contributed by atoms with Crippen LogP contribution in [0.25, 0.3) is 22.8 Å². The second kappa shape index (κ2) is 9.87. The lowest BCUT2D eigenvalue weighted by molar-refractivity contribution is -0.116. The van der Waals surface area contributed by atoms with Crippen molar-refractivity contribution >= 4 is 5.91 Å². The first-order valence-corrected chi connectivity index (χ1v) is 10.1. The van der Waals surface area contributed by atoms with Crippen LogP contribution in [0.3, 0.4) is 0 Å². The van der Waals surface area contributed by atoms with Crippen LogP contribution >= 0.6 is 0 Å². The van der Waals surface area contributed by atoms with E-state index in [4.69, 9.17) is 15.0 Å². The minimum atomic E-state index is -0.468. The molecule has 0 saturated heterocycles. The van der Waals surface area contributed by atoms with Crippen LogP contribution in [0.2, 0.25) is 0 Å². The highest BCUT2D eigenvalue weighted by Gasteiger charge is 2.19. The van der Waals surface area contributed by atoms with Gasteiger partial charge in [-0.1, -0.05) is 23.4 Å². The molecule has 4 rings (SSSR count). The molecule has 4 N–H and O–H groups in total. The van der Waals surface area contributed by atoms with Gasteiger partial charge in [-0.3, -0.25) is 4.79 Å². The average molecular weight is 419 g/mol. The molecule has 0 atom stereocenters. The summed E-state index contributed by atoms with van der Waals surface area (Å²) in [5, 5.41) is 13.6. The number of fused-ring (bicyclic) bond motifs is 1. The predicted molar refractivity (Wildman–Crippen MR) is 116 cm³/mol. The predicted octanol–water partition coefficient (Wildman–Crippen LogP) is 2.98. The molecule has 1 aliphatic rings. The Kier molecular flexibility index (Phi) is 7.00. The smallest absolute Gasteiger partial charge is 0.258 e. The van der Waals surface area contributed by atoms with E-state index in [1.165, 1.54) is 17.5 Å². The van der Waals surface area contributed by atoms with Crippen molar-refractivity contribution in [2.75, 3.05) is 6.54 Å². The van der Waals surface area contributed by atoms with Gasteiger partial charge < -0.3 is 20.7 Å². The van der Waals surface area contributed by atoms with Crippen molar-refractivity contribution in [1.29, 1.82) is 5.26 Å². The summed E-state index contributed by atoms with van der Waals surface area (Å²) in [6.45, 7) is 3.80. The third-order valence-corrected chi connectivity index (χ3v) is 4.72. The Bertz CT molecular complexity index is 1110. The molecule has 0 bridgehead atoms. The Balaban J connectivity index is 0.000000491. The number of primary amides is 1. The van der Waals surface area contributed by atoms with Crippen LogP contribution in [-0.4, -0.2) is 28.7 Å². The first-order valence-electron chi connectivity index (χ1n) is 10.1. The van der Waals surface area contributed by atoms with Gasteiger partial charge in [0.2, 0.25) is 11.7 Å². The number of rotatable bonds is 5. The van der Waals surface area contributed by atoms with Gasteiger partial charge in [0.25, 0.3) is 5.89 Å². The molecule has 1 aliphatic carbocycles. The summed E-state index contributed by atoms with van der Waals surface area (Å²) >= 11 is 0. The number of aryl methyl sites for hydroxylation is 1. The molecule has 0 saturated carbocycles. The van der Waals surface area contributed by atoms with Crippen LogP contribution in [0.15, 0.2) is 40.9 Å². The van der Waals surface area contributed by atoms with E-state index in [1.807, 2.05) is 32.0 Å². The molecule has 2 aromatic carbocycles. The van der Waals surface area contributed by atoms with Crippen LogP contribution in [0.4, 0.5) is 0 Å². The highest BCUT2D eigenvalue weighted by molar-refractivity contribution is 5.75. The molecule has 0 unspecified atom stereocenters. The summed E-state index contributed by atoms with van der Waals surface area (Å²) in [5.74, 6) is 1.10. The molecular weight excluding hydrogens is 394 g/mol. The average Bonchev–Trinajstić information content (AvgIpc) is 3.43. The van der Waals surface area contributed by atoms with E-state index in [0.29, 0.717) is 28.6 Å². The summed E-state index contributed by atoms with van der Waals surface area (Å²) in [5.41, 5.74) is 14.1. The van der Waals surface area contributed by atoms with Crippen LogP contribution in [-0.2, 0) is 17.6 Å². The molecule has 0 fully saturated rings. The summed E-state index contributed by atoms with van der Waals surface area (Å²) in [6, 6.07) is 13.8. The minimum Gasteiger partial charge on any atom is -0.490 e. The van der Waals surface area contributed by atoms with E-state index < -0.39 is 5.91 Å². The molecule has 8 nitrogen and oxygen atoms in total. The highest BCUT2D eigenvalue weighted by atomic mass is 16.5. The monoisotopic (exact) mass is 419 g/mol. The van der Waals surface area contributed by atoms with Crippen molar-refractivity contribution in [3.8, 4) is 34.7 Å². The molecule has 8 heteroatoms. The number of nitriles is 1. The lowest BCUT2D eigenvalue weighted by Crippen LogP contribution is -2.21. The summed E-state index contributed by atoms with van der Waals surface area (Å²) in [4.78, 5) is 14.0. The number of hydrogen-bond acceptors (Lipinski definition) is 7. The lowest BCUT2D eigenvalue weighted by Gasteiger charge is -2.11. The maximum absolute atomic E-state index is 9.47. The van der Waals surface area contributed by atoms with Gasteiger partial charge in [-0.25, -0.2) is 0 Å². The van der Waals surface area contributed by atoms with Gasteiger partial charge >= 0.3 is 0 Å². The van der Waals surface area contributed by atoms with Crippen LogP contribution in [0.5, 0.6) is 5.75 Å². The van der Waals surface area contributed by atoms with Crippen molar-refractivity contribution in [3.63, 3.8) is 0 Å². The largest absolute Gasteiger partial charge is 0.490 e. The molecule has 1 amide bonds. The van der Waals surface area contributed by atoms with Crippen LogP contribution < -0.4 is 16.2 Å². The number of nitrogens with zero attached hydrogens (tertiary/aromatic N) is 3. The normalized spacial score (nSPS) is 12.0. The zero-order valence-electron chi connectivity index (χ0n) is 17.6. The van der Waals surface area contributed by atoms with Gasteiger partial charge in [0.15, 0.2) is 0 Å². The van der Waals surface area contributed by atoms with Crippen molar-refractivity contribution < 1.29 is 14.1 Å². The molecule has 1 heterocycles. The van der Waals surface area contributed by atoms with Crippen molar-refractivity contribution in [2.45, 2.75) is 39.2 Å². The molecule has 0 aliphatic heterocycles. The number of amides is 1. The SMILES string of the molecule is CC(C)Oc1ccc(-c2nc(-c3cccc4c3CCC4)no2)cc1C#N.NCC(N)=O. The fourth-order valence-corrected chi connectivity index (χ4v) is 3.39. The molecular formula is C23H25N5O3. The molecule has 3 aromatic rings. The van der Waals surface area contributed by atoms with E-state index in [0.717, 1.165) is 18.4 Å². The van der Waals surface area contributed by atoms with E-state index >= 15 is 0 Å². The van der Waals surface area contributed by atoms with Crippen molar-refractivity contribution in [1.82, 2.24) is 10.1 Å². The fraction of sp³-hybridized carbons (Fsp3) is 0.304. The van der Waals surface area contributed by atoms with Gasteiger partial charge in [-0.15, -0.1) is 0 Å². The Morgan fingerprint density at radius 2 is 2.06 bits per heavy atom. The van der Waals surface area contributed by atoms with Gasteiger partial charge in [0.05, 0.1) is 18.2 Å². The number of carbonyl (C=O) groups is 1. The molecule has 0 radical (unpaired) electrons. The summed E-state index contributed by atoms with van der Waals surface area (Å²) in [7, 11) is 0. The third kappa shape index (κ3) is 5.27. The third-order valence-electron chi connectivity index (χ3n) is 4.72. The van der Waals surface area contributed by atoms with Crippen molar-refractivity contribution in [2.24, 2.45) is 11.5 Å². The highest BCUT2D eigenvalue weighted by Crippen LogP contribution is 2.32. The van der Waals surface area contributed by atoms with Crippen molar-refractivity contribution in [3.05, 3.63) is 53.1 Å². The topological polar surface area (TPSA) is 141 Å². The van der Waals surface area contributed by atoms with Gasteiger partial charge in [0, 0.05) is 11.1 Å². The number of aromatic nitrogens is 2. The lowest BCUT2D eigenvalue weighted by atomic mass is 10.0. The quantitative estimate of drug-likeness (QED) is 0.647. The maximum atomic E-state index is 9.47. The first kappa shape index (κ1) is 22.0. The Morgan fingerprint density at radius 3 is 2.74 bits per heavy atom. The fourth-order valence-electron chi connectivity index (χ4n) is 3.39. The van der Waals surface area contributed by atoms with E-state index in [9.17, 15) is 10.1 Å². The summed E-state index contributed by atoms with van der Waals surface area (Å²) < 4.78 is 11.1. The minimum absolute atomic E-state index is 0.00290. The van der Waals surface area contributed by atoms with Gasteiger partial charge in [-0.2, -0.15) is 10.2 Å². The molecule has 31 heavy (non-hydrogen) atoms. The second-order valence-electron chi connectivity index (χ2n) is 7.38. The Hall–Kier alpha value is -3.70. The van der Waals surface area contributed by atoms with Crippen LogP contribution in [0.1, 0.15) is 37.0 Å². The zero-order valence-corrected chi connectivity index (χ0v) is 17.6. The number of hydrogen-bond donors (Lipinski definition) is 2. The maximum Gasteiger partial charge on any atom is 0.258 e. The van der Waals surface area contributed by atoms with E-state index in [1.54, 1.807) is 12.1 Å². The summed E-state index contributed by atoms with van der Waals surface area (Å²) in [6.07, 6.45) is 3.33. The van der Waals surface area contributed by atoms with E-state index in [-0.39, 0.29) is 12.6 Å². The zero-order chi connectivity index (χ0) is 22.4. The molecule has 1 aromatic heterocycles. The number of carbonyl (C=O) groups excluding carboxylic acids is 1. The number of benzene rings is 2.